The molecule has 2 aliphatic rings. The first-order chi connectivity index (χ1) is 9.00. The number of nitrogens with zero attached hydrogens (tertiary/aromatic N) is 1. The molecule has 5 heteroatoms. The predicted octanol–water partition coefficient (Wildman–Crippen LogP) is 1.09. The Kier molecular flexibility index (Phi) is 4.45. The molecule has 5 nitrogen and oxygen atoms in total. The lowest BCUT2D eigenvalue weighted by Crippen LogP contribution is -2.58. The van der Waals surface area contributed by atoms with Gasteiger partial charge in [-0.25, -0.2) is 4.79 Å². The van der Waals surface area contributed by atoms with E-state index >= 15 is 0 Å². The van der Waals surface area contributed by atoms with Crippen molar-refractivity contribution in [3.05, 3.63) is 0 Å². The number of aliphatic carboxylic acids is 1. The monoisotopic (exact) mass is 268 g/mol. The minimum absolute atomic E-state index is 0.0218. The smallest absolute Gasteiger partial charge is 0.326 e. The van der Waals surface area contributed by atoms with Gasteiger partial charge in [-0.15, -0.1) is 0 Å². The van der Waals surface area contributed by atoms with Crippen LogP contribution in [0.3, 0.4) is 0 Å². The van der Waals surface area contributed by atoms with Crippen LogP contribution in [0.4, 0.5) is 0 Å². The molecule has 0 aromatic carbocycles. The third-order valence-electron chi connectivity index (χ3n) is 4.47. The van der Waals surface area contributed by atoms with Crippen LogP contribution in [0.2, 0.25) is 0 Å². The molecule has 2 rings (SSSR count). The molecule has 2 heterocycles. The van der Waals surface area contributed by atoms with E-state index in [4.69, 9.17) is 0 Å². The highest BCUT2D eigenvalue weighted by molar-refractivity contribution is 5.87. The number of hydrogen-bond acceptors (Lipinski definition) is 3. The van der Waals surface area contributed by atoms with Crippen LogP contribution in [-0.4, -0.2) is 47.1 Å². The number of piperidine rings is 2. The van der Waals surface area contributed by atoms with Crippen molar-refractivity contribution < 1.29 is 14.7 Å². The molecule has 108 valence electrons. The van der Waals surface area contributed by atoms with Crippen LogP contribution in [0.5, 0.6) is 0 Å². The Balaban J connectivity index is 2.09. The molecule has 0 radical (unpaired) electrons. The third kappa shape index (κ3) is 3.08. The van der Waals surface area contributed by atoms with Crippen molar-refractivity contribution >= 4 is 11.9 Å². The molecular formula is C14H24N2O3. The number of carbonyl (C=O) groups is 2. The molecule has 4 atom stereocenters. The largest absolute Gasteiger partial charge is 0.480 e. The van der Waals surface area contributed by atoms with Gasteiger partial charge in [-0.05, 0) is 44.1 Å². The second-order valence-corrected chi connectivity index (χ2v) is 6.07. The lowest BCUT2D eigenvalue weighted by molar-refractivity contribution is -0.154. The summed E-state index contributed by atoms with van der Waals surface area (Å²) in [6.45, 7) is 5.54. The summed E-state index contributed by atoms with van der Waals surface area (Å²) in [5.41, 5.74) is 0. The van der Waals surface area contributed by atoms with Crippen LogP contribution in [-0.2, 0) is 9.59 Å². The average molecular weight is 268 g/mol. The van der Waals surface area contributed by atoms with Gasteiger partial charge < -0.3 is 15.3 Å². The molecule has 4 unspecified atom stereocenters. The summed E-state index contributed by atoms with van der Waals surface area (Å²) in [6, 6.07) is -0.851. The zero-order chi connectivity index (χ0) is 14.0. The van der Waals surface area contributed by atoms with E-state index < -0.39 is 12.0 Å². The number of hydrogen-bond donors (Lipinski definition) is 2. The number of nitrogens with one attached hydrogen (secondary N) is 1. The number of amides is 1. The molecule has 0 saturated carbocycles. The number of carbonyl (C=O) groups excluding carboxylic acids is 1. The van der Waals surface area contributed by atoms with E-state index in [-0.39, 0.29) is 17.9 Å². The van der Waals surface area contributed by atoms with Crippen molar-refractivity contribution in [1.29, 1.82) is 0 Å². The maximum absolute atomic E-state index is 12.6. The van der Waals surface area contributed by atoms with E-state index in [1.807, 2.05) is 0 Å². The van der Waals surface area contributed by atoms with Gasteiger partial charge in [0, 0.05) is 6.54 Å². The first-order valence-electron chi connectivity index (χ1n) is 7.27. The van der Waals surface area contributed by atoms with E-state index in [0.29, 0.717) is 18.9 Å². The molecule has 0 aromatic heterocycles. The molecule has 2 fully saturated rings. The van der Waals surface area contributed by atoms with Crippen LogP contribution in [0.25, 0.3) is 0 Å². The van der Waals surface area contributed by atoms with Gasteiger partial charge in [-0.1, -0.05) is 13.8 Å². The molecular weight excluding hydrogens is 244 g/mol. The summed E-state index contributed by atoms with van der Waals surface area (Å²) in [5.74, 6) is -0.230. The summed E-state index contributed by atoms with van der Waals surface area (Å²) in [6.07, 6.45) is 3.59. The van der Waals surface area contributed by atoms with Crippen molar-refractivity contribution in [3.63, 3.8) is 0 Å². The van der Waals surface area contributed by atoms with Crippen LogP contribution in [0.1, 0.15) is 39.5 Å². The molecule has 0 aromatic rings. The second kappa shape index (κ2) is 5.90. The zero-order valence-corrected chi connectivity index (χ0v) is 11.8. The van der Waals surface area contributed by atoms with Crippen molar-refractivity contribution in [2.45, 2.75) is 51.6 Å². The van der Waals surface area contributed by atoms with Gasteiger partial charge in [0.25, 0.3) is 0 Å². The standard InChI is InChI=1S/C14H24N2O3/c1-9-5-7-16(11(8-9)14(18)19)13(17)12-10(2)4-3-6-15-12/h9-12,15H,3-8H2,1-2H3,(H,18,19). The summed E-state index contributed by atoms with van der Waals surface area (Å²) in [7, 11) is 0. The Morgan fingerprint density at radius 3 is 2.63 bits per heavy atom. The van der Waals surface area contributed by atoms with Gasteiger partial charge in [-0.3, -0.25) is 4.79 Å². The SMILES string of the molecule is CC1CCN(C(=O)C2NCCCC2C)C(C(=O)O)C1. The second-order valence-electron chi connectivity index (χ2n) is 6.07. The number of carboxylic acids is 1. The third-order valence-corrected chi connectivity index (χ3v) is 4.47. The summed E-state index contributed by atoms with van der Waals surface area (Å²) >= 11 is 0. The van der Waals surface area contributed by atoms with E-state index in [9.17, 15) is 14.7 Å². The van der Waals surface area contributed by atoms with E-state index in [1.165, 1.54) is 0 Å². The van der Waals surface area contributed by atoms with E-state index in [1.54, 1.807) is 4.90 Å². The highest BCUT2D eigenvalue weighted by Crippen LogP contribution is 2.26. The van der Waals surface area contributed by atoms with Gasteiger partial charge in [-0.2, -0.15) is 0 Å². The molecule has 0 bridgehead atoms. The maximum Gasteiger partial charge on any atom is 0.326 e. The number of rotatable bonds is 2. The first kappa shape index (κ1) is 14.3. The van der Waals surface area contributed by atoms with Gasteiger partial charge in [0.1, 0.15) is 6.04 Å². The zero-order valence-electron chi connectivity index (χ0n) is 11.8. The van der Waals surface area contributed by atoms with Crippen molar-refractivity contribution in [2.24, 2.45) is 11.8 Å². The Morgan fingerprint density at radius 1 is 1.26 bits per heavy atom. The molecule has 2 saturated heterocycles. The van der Waals surface area contributed by atoms with Gasteiger partial charge >= 0.3 is 5.97 Å². The fourth-order valence-corrected chi connectivity index (χ4v) is 3.20. The summed E-state index contributed by atoms with van der Waals surface area (Å²) in [5, 5.41) is 12.6. The summed E-state index contributed by atoms with van der Waals surface area (Å²) in [4.78, 5) is 25.5. The van der Waals surface area contributed by atoms with Crippen LogP contribution >= 0.6 is 0 Å². The topological polar surface area (TPSA) is 69.6 Å². The van der Waals surface area contributed by atoms with Crippen LogP contribution in [0, 0.1) is 11.8 Å². The molecule has 2 N–H and O–H groups in total. The van der Waals surface area contributed by atoms with Crippen LogP contribution < -0.4 is 5.32 Å². The molecule has 19 heavy (non-hydrogen) atoms. The van der Waals surface area contributed by atoms with Gasteiger partial charge in [0.15, 0.2) is 0 Å². The highest BCUT2D eigenvalue weighted by Gasteiger charge is 2.39. The Labute approximate surface area is 114 Å². The van der Waals surface area contributed by atoms with Crippen LogP contribution in [0.15, 0.2) is 0 Å². The Bertz CT molecular complexity index is 359. The normalized spacial score (nSPS) is 36.0. The van der Waals surface area contributed by atoms with Crippen molar-refractivity contribution in [2.75, 3.05) is 13.1 Å². The van der Waals surface area contributed by atoms with Gasteiger partial charge in [0.2, 0.25) is 5.91 Å². The van der Waals surface area contributed by atoms with Crippen molar-refractivity contribution in [1.82, 2.24) is 10.2 Å². The minimum Gasteiger partial charge on any atom is -0.480 e. The average Bonchev–Trinajstić information content (AvgIpc) is 2.38. The highest BCUT2D eigenvalue weighted by atomic mass is 16.4. The number of carboxylic acid groups (broad SMARTS) is 1. The lowest BCUT2D eigenvalue weighted by Gasteiger charge is -2.40. The Hall–Kier alpha value is -1.10. The quantitative estimate of drug-likeness (QED) is 0.786. The minimum atomic E-state index is -0.872. The van der Waals surface area contributed by atoms with E-state index in [0.717, 1.165) is 25.8 Å². The predicted molar refractivity (Wildman–Crippen MR) is 71.7 cm³/mol. The number of likely N-dealkylation sites (tertiary alicyclic amines) is 1. The lowest BCUT2D eigenvalue weighted by atomic mass is 9.88. The molecule has 2 aliphatic heterocycles. The van der Waals surface area contributed by atoms with E-state index in [2.05, 4.69) is 19.2 Å². The first-order valence-corrected chi connectivity index (χ1v) is 7.27. The fraction of sp³-hybridized carbons (Fsp3) is 0.857. The fourth-order valence-electron chi connectivity index (χ4n) is 3.20. The molecule has 1 amide bonds. The molecule has 0 spiro atoms. The van der Waals surface area contributed by atoms with Crippen molar-refractivity contribution in [3.8, 4) is 0 Å². The van der Waals surface area contributed by atoms with Gasteiger partial charge in [0.05, 0.1) is 6.04 Å². The Morgan fingerprint density at radius 2 is 2.00 bits per heavy atom. The molecule has 0 aliphatic carbocycles. The maximum atomic E-state index is 12.6. The summed E-state index contributed by atoms with van der Waals surface area (Å²) < 4.78 is 0.